The molecular formula is C14H11Cl3N2O. The number of amides is 1. The van der Waals surface area contributed by atoms with E-state index in [-0.39, 0.29) is 16.2 Å². The van der Waals surface area contributed by atoms with Crippen LogP contribution in [0.1, 0.15) is 21.5 Å². The van der Waals surface area contributed by atoms with Gasteiger partial charge in [-0.25, -0.2) is 4.98 Å². The Balaban J connectivity index is 2.36. The molecule has 0 saturated carbocycles. The molecule has 0 aliphatic heterocycles. The zero-order valence-corrected chi connectivity index (χ0v) is 13.1. The maximum Gasteiger partial charge on any atom is 0.256 e. The lowest BCUT2D eigenvalue weighted by atomic mass is 10.1. The van der Waals surface area contributed by atoms with Gasteiger partial charge in [0.2, 0.25) is 0 Å². The van der Waals surface area contributed by atoms with E-state index in [1.54, 1.807) is 38.1 Å². The highest BCUT2D eigenvalue weighted by Gasteiger charge is 2.15. The van der Waals surface area contributed by atoms with Crippen molar-refractivity contribution in [3.63, 3.8) is 0 Å². The number of rotatable bonds is 2. The number of benzene rings is 1. The van der Waals surface area contributed by atoms with Crippen molar-refractivity contribution >= 4 is 46.4 Å². The van der Waals surface area contributed by atoms with Crippen molar-refractivity contribution in [1.82, 2.24) is 4.98 Å². The number of pyridine rings is 1. The average molecular weight is 330 g/mol. The van der Waals surface area contributed by atoms with Crippen LogP contribution >= 0.6 is 34.8 Å². The van der Waals surface area contributed by atoms with Crippen LogP contribution in [0, 0.1) is 13.8 Å². The van der Waals surface area contributed by atoms with Gasteiger partial charge in [-0.15, -0.1) is 0 Å². The maximum atomic E-state index is 12.3. The van der Waals surface area contributed by atoms with Crippen molar-refractivity contribution in [1.29, 1.82) is 0 Å². The summed E-state index contributed by atoms with van der Waals surface area (Å²) in [5.41, 5.74) is 2.38. The Morgan fingerprint density at radius 1 is 1.20 bits per heavy atom. The van der Waals surface area contributed by atoms with Gasteiger partial charge in [0.15, 0.2) is 5.15 Å². The minimum atomic E-state index is -0.292. The molecule has 1 heterocycles. The molecule has 0 spiro atoms. The first-order chi connectivity index (χ1) is 9.40. The summed E-state index contributed by atoms with van der Waals surface area (Å²) in [5, 5.41) is 3.71. The average Bonchev–Trinajstić information content (AvgIpc) is 2.36. The van der Waals surface area contributed by atoms with Crippen LogP contribution < -0.4 is 5.32 Å². The minimum absolute atomic E-state index is 0.156. The Morgan fingerprint density at radius 2 is 1.90 bits per heavy atom. The summed E-state index contributed by atoms with van der Waals surface area (Å²) in [5.74, 6) is -0.292. The standard InChI is InChI=1S/C14H11Cl3N2O/c1-7-6-11(16)18-13(17)12(7)19-14(20)9-4-3-5-10(15)8(9)2/h3-6H,1-2H3,(H,19,20). The molecule has 0 aliphatic carbocycles. The van der Waals surface area contributed by atoms with Crippen molar-refractivity contribution in [3.05, 3.63) is 56.3 Å². The lowest BCUT2D eigenvalue weighted by Gasteiger charge is -2.12. The number of nitrogens with one attached hydrogen (secondary N) is 1. The van der Waals surface area contributed by atoms with E-state index in [4.69, 9.17) is 34.8 Å². The number of hydrogen-bond acceptors (Lipinski definition) is 2. The fourth-order valence-corrected chi connectivity index (χ4v) is 2.53. The molecule has 104 valence electrons. The molecule has 0 atom stereocenters. The van der Waals surface area contributed by atoms with Crippen LogP contribution in [0.15, 0.2) is 24.3 Å². The lowest BCUT2D eigenvalue weighted by molar-refractivity contribution is 0.102. The maximum absolute atomic E-state index is 12.3. The summed E-state index contributed by atoms with van der Waals surface area (Å²) in [7, 11) is 0. The van der Waals surface area contributed by atoms with Gasteiger partial charge >= 0.3 is 0 Å². The monoisotopic (exact) mass is 328 g/mol. The minimum Gasteiger partial charge on any atom is -0.319 e. The van der Waals surface area contributed by atoms with E-state index in [9.17, 15) is 4.79 Å². The molecule has 1 N–H and O–H groups in total. The molecule has 6 heteroatoms. The molecule has 1 aromatic carbocycles. The van der Waals surface area contributed by atoms with Gasteiger partial charge in [-0.05, 0) is 43.2 Å². The van der Waals surface area contributed by atoms with E-state index in [1.807, 2.05) is 0 Å². The molecule has 3 nitrogen and oxygen atoms in total. The van der Waals surface area contributed by atoms with Gasteiger partial charge in [-0.2, -0.15) is 0 Å². The van der Waals surface area contributed by atoms with E-state index < -0.39 is 0 Å². The van der Waals surface area contributed by atoms with Crippen LogP contribution in [0.5, 0.6) is 0 Å². The van der Waals surface area contributed by atoms with Crippen molar-refractivity contribution in [2.24, 2.45) is 0 Å². The zero-order chi connectivity index (χ0) is 14.9. The van der Waals surface area contributed by atoms with Gasteiger partial charge in [-0.3, -0.25) is 4.79 Å². The summed E-state index contributed by atoms with van der Waals surface area (Å²) in [6.45, 7) is 3.58. The highest BCUT2D eigenvalue weighted by molar-refractivity contribution is 6.35. The zero-order valence-electron chi connectivity index (χ0n) is 10.8. The van der Waals surface area contributed by atoms with Gasteiger partial charge < -0.3 is 5.32 Å². The van der Waals surface area contributed by atoms with E-state index in [0.29, 0.717) is 21.8 Å². The van der Waals surface area contributed by atoms with E-state index >= 15 is 0 Å². The molecule has 0 aliphatic rings. The van der Waals surface area contributed by atoms with Gasteiger partial charge in [0.1, 0.15) is 5.15 Å². The molecule has 2 aromatic rings. The van der Waals surface area contributed by atoms with Crippen LogP contribution in [0.25, 0.3) is 0 Å². The van der Waals surface area contributed by atoms with Crippen LogP contribution in [-0.4, -0.2) is 10.9 Å². The molecule has 0 saturated heterocycles. The predicted octanol–water partition coefficient (Wildman–Crippen LogP) is 4.91. The number of carbonyl (C=O) groups excluding carboxylic acids is 1. The normalized spacial score (nSPS) is 10.4. The Kier molecular flexibility index (Phi) is 4.53. The first kappa shape index (κ1) is 15.1. The number of aryl methyl sites for hydroxylation is 1. The molecule has 0 unspecified atom stereocenters. The first-order valence-electron chi connectivity index (χ1n) is 5.79. The second kappa shape index (κ2) is 6.00. The Labute approximate surface area is 131 Å². The molecular weight excluding hydrogens is 319 g/mol. The molecule has 0 radical (unpaired) electrons. The number of carbonyl (C=O) groups is 1. The van der Waals surface area contributed by atoms with Gasteiger partial charge in [0, 0.05) is 10.6 Å². The lowest BCUT2D eigenvalue weighted by Crippen LogP contribution is -2.15. The van der Waals surface area contributed by atoms with Crippen LogP contribution in [0.2, 0.25) is 15.3 Å². The van der Waals surface area contributed by atoms with Gasteiger partial charge in [-0.1, -0.05) is 40.9 Å². The molecule has 0 bridgehead atoms. The summed E-state index contributed by atoms with van der Waals surface area (Å²) < 4.78 is 0. The molecule has 0 fully saturated rings. The number of anilines is 1. The third-order valence-corrected chi connectivity index (χ3v) is 3.77. The van der Waals surface area contributed by atoms with E-state index in [2.05, 4.69) is 10.3 Å². The third kappa shape index (κ3) is 3.06. The van der Waals surface area contributed by atoms with Crippen molar-refractivity contribution < 1.29 is 4.79 Å². The fourth-order valence-electron chi connectivity index (χ4n) is 1.78. The second-order valence-corrected chi connectivity index (χ2v) is 5.45. The Hall–Kier alpha value is -1.29. The van der Waals surface area contributed by atoms with Gasteiger partial charge in [0.05, 0.1) is 5.69 Å². The summed E-state index contributed by atoms with van der Waals surface area (Å²) in [6, 6.07) is 6.78. The predicted molar refractivity (Wildman–Crippen MR) is 83.1 cm³/mol. The van der Waals surface area contributed by atoms with E-state index in [0.717, 1.165) is 5.56 Å². The van der Waals surface area contributed by atoms with Crippen LogP contribution in [0.3, 0.4) is 0 Å². The largest absolute Gasteiger partial charge is 0.319 e. The number of aromatic nitrogens is 1. The fraction of sp³-hybridized carbons (Fsp3) is 0.143. The third-order valence-electron chi connectivity index (χ3n) is 2.89. The number of halogens is 3. The highest BCUT2D eigenvalue weighted by Crippen LogP contribution is 2.27. The summed E-state index contributed by atoms with van der Waals surface area (Å²) in [6.07, 6.45) is 0. The van der Waals surface area contributed by atoms with Crippen molar-refractivity contribution in [3.8, 4) is 0 Å². The van der Waals surface area contributed by atoms with Crippen molar-refractivity contribution in [2.45, 2.75) is 13.8 Å². The van der Waals surface area contributed by atoms with Crippen molar-refractivity contribution in [2.75, 3.05) is 5.32 Å². The molecule has 2 rings (SSSR count). The second-order valence-electron chi connectivity index (χ2n) is 4.29. The van der Waals surface area contributed by atoms with Crippen LogP contribution in [0.4, 0.5) is 5.69 Å². The summed E-state index contributed by atoms with van der Waals surface area (Å²) in [4.78, 5) is 16.2. The molecule has 1 amide bonds. The number of nitrogens with zero attached hydrogens (tertiary/aromatic N) is 1. The summed E-state index contributed by atoms with van der Waals surface area (Å²) >= 11 is 17.8. The first-order valence-corrected chi connectivity index (χ1v) is 6.92. The van der Waals surface area contributed by atoms with Crippen LogP contribution in [-0.2, 0) is 0 Å². The quantitative estimate of drug-likeness (QED) is 0.795. The van der Waals surface area contributed by atoms with Gasteiger partial charge in [0.25, 0.3) is 5.91 Å². The highest BCUT2D eigenvalue weighted by atomic mass is 35.5. The molecule has 20 heavy (non-hydrogen) atoms. The Morgan fingerprint density at radius 3 is 2.55 bits per heavy atom. The topological polar surface area (TPSA) is 42.0 Å². The smallest absolute Gasteiger partial charge is 0.256 e. The molecule has 1 aromatic heterocycles. The number of hydrogen-bond donors (Lipinski definition) is 1. The SMILES string of the molecule is Cc1cc(Cl)nc(Cl)c1NC(=O)c1cccc(Cl)c1C. The van der Waals surface area contributed by atoms with E-state index in [1.165, 1.54) is 0 Å². The Bertz CT molecular complexity index is 663.